The molecule has 0 fully saturated rings. The lowest BCUT2D eigenvalue weighted by atomic mass is 9.85. The fourth-order valence-corrected chi connectivity index (χ4v) is 2.40. The van der Waals surface area contributed by atoms with Crippen molar-refractivity contribution >= 4 is 0 Å². The summed E-state index contributed by atoms with van der Waals surface area (Å²) in [5.74, 6) is -31.9. The minimum atomic E-state index is -8.24. The van der Waals surface area contributed by atoms with Crippen LogP contribution in [0.25, 0.3) is 0 Å². The van der Waals surface area contributed by atoms with E-state index in [2.05, 4.69) is 0 Å². The van der Waals surface area contributed by atoms with Crippen LogP contribution in [0.5, 0.6) is 0 Å². The summed E-state index contributed by atoms with van der Waals surface area (Å²) in [5.41, 5.74) is -15.9. The first-order valence-electron chi connectivity index (χ1n) is 8.55. The molecule has 0 radical (unpaired) electrons. The molecule has 0 aromatic heterocycles. The topological polar surface area (TPSA) is 9.23 Å². The smallest absolute Gasteiger partial charge is 0.307 e. The molecule has 0 heterocycles. The Morgan fingerprint density at radius 2 is 0.564 bits per heavy atom. The minimum Gasteiger partial charge on any atom is -0.307 e. The Kier molecular flexibility index (Phi) is 10.1. The molecule has 0 spiro atoms. The van der Waals surface area contributed by atoms with E-state index >= 15 is 0 Å². The van der Waals surface area contributed by atoms with Gasteiger partial charge < -0.3 is 4.74 Å². The molecule has 0 aliphatic carbocycles. The molecule has 0 bridgehead atoms. The highest BCUT2D eigenvalue weighted by molar-refractivity contribution is 5.14. The maximum atomic E-state index is 14.3. The van der Waals surface area contributed by atoms with Crippen LogP contribution < -0.4 is 0 Å². The van der Waals surface area contributed by atoms with Gasteiger partial charge in [0.15, 0.2) is 0 Å². The van der Waals surface area contributed by atoms with E-state index in [1.54, 1.807) is 0 Å². The molecule has 0 amide bonds. The largest absolute Gasteiger partial charge is 0.423 e. The second-order valence-corrected chi connectivity index (χ2v) is 7.11. The van der Waals surface area contributed by atoms with E-state index in [9.17, 15) is 105 Å². The van der Waals surface area contributed by atoms with Gasteiger partial charge in [0.2, 0.25) is 25.1 Å². The van der Waals surface area contributed by atoms with Gasteiger partial charge in [-0.05, 0) is 0 Å². The number of alkyl halides is 24. The Morgan fingerprint density at radius 3 is 0.718 bits per heavy atom. The van der Waals surface area contributed by atoms with Gasteiger partial charge >= 0.3 is 48.9 Å². The molecule has 0 aromatic carbocycles. The number of hydrogen-bond acceptors (Lipinski definition) is 1. The fourth-order valence-electron chi connectivity index (χ4n) is 2.40. The van der Waals surface area contributed by atoms with Crippen molar-refractivity contribution in [1.82, 2.24) is 0 Å². The van der Waals surface area contributed by atoms with E-state index in [-0.39, 0.29) is 0 Å². The van der Waals surface area contributed by atoms with E-state index in [4.69, 9.17) is 0 Å². The van der Waals surface area contributed by atoms with Crippen LogP contribution in [-0.2, 0) is 4.74 Å². The molecule has 0 aromatic rings. The summed E-state index contributed by atoms with van der Waals surface area (Å²) in [6, 6.07) is 0. The minimum absolute atomic E-state index is 1.86. The molecule has 0 N–H and O–H groups in total. The first kappa shape index (κ1) is 37.3. The third-order valence-corrected chi connectivity index (χ3v) is 4.56. The molecule has 0 aliphatic heterocycles. The molecule has 6 unspecified atom stereocenters. The van der Waals surface area contributed by atoms with E-state index in [0.717, 1.165) is 0 Å². The summed E-state index contributed by atoms with van der Waals surface area (Å²) in [6.07, 6.45) is -54.0. The van der Waals surface area contributed by atoms with Gasteiger partial charge in [-0.25, -0.2) is 43.9 Å². The Labute approximate surface area is 197 Å². The van der Waals surface area contributed by atoms with Crippen molar-refractivity contribution in [3.63, 3.8) is 0 Å². The van der Waals surface area contributed by atoms with Gasteiger partial charge in [0.05, 0.1) is 0 Å². The second-order valence-electron chi connectivity index (χ2n) is 7.11. The molecule has 25 heteroatoms. The van der Waals surface area contributed by atoms with Crippen molar-refractivity contribution in [2.45, 2.75) is 85.3 Å². The van der Waals surface area contributed by atoms with Crippen LogP contribution in [0.2, 0.25) is 0 Å². The first-order chi connectivity index (χ1) is 16.7. The lowest BCUT2D eigenvalue weighted by Gasteiger charge is -2.44. The van der Waals surface area contributed by atoms with Crippen molar-refractivity contribution in [3.8, 4) is 0 Å². The summed E-state index contributed by atoms with van der Waals surface area (Å²) in [4.78, 5) is 0. The van der Waals surface area contributed by atoms with Crippen molar-refractivity contribution in [2.75, 3.05) is 0 Å². The molecule has 1 nitrogen and oxygen atoms in total. The van der Waals surface area contributed by atoms with Crippen molar-refractivity contribution in [3.05, 3.63) is 0 Å². The van der Waals surface area contributed by atoms with E-state index in [1.807, 2.05) is 4.74 Å². The summed E-state index contributed by atoms with van der Waals surface area (Å²) in [6.45, 7) is 0. The second kappa shape index (κ2) is 10.6. The van der Waals surface area contributed by atoms with E-state index in [0.29, 0.717) is 0 Å². The average molecular weight is 646 g/mol. The predicted octanol–water partition coefficient (Wildman–Crippen LogP) is 7.88. The van der Waals surface area contributed by atoms with Crippen molar-refractivity contribution in [2.24, 2.45) is 0 Å². The standard InChI is InChI=1S/C14H6F24O/c15-1(11(29,30)31)7(23,13(35,36)9(25,26)3(17)18)5(21)39-6(22)8(24,2(16)12(32,33)34)14(37,38)10(27,28)4(19)20/h1-6H. The molecule has 39 heavy (non-hydrogen) atoms. The Hall–Kier alpha value is -1.72. The zero-order chi connectivity index (χ0) is 32.2. The third kappa shape index (κ3) is 5.73. The van der Waals surface area contributed by atoms with Crippen LogP contribution in [-0.4, -0.2) is 85.3 Å². The Balaban J connectivity index is 7.28. The highest BCUT2D eigenvalue weighted by atomic mass is 19.4. The Bertz CT molecular complexity index is 751. The lowest BCUT2D eigenvalue weighted by molar-refractivity contribution is -0.405. The first-order valence-corrected chi connectivity index (χ1v) is 8.55. The van der Waals surface area contributed by atoms with Crippen LogP contribution in [0.15, 0.2) is 0 Å². The van der Waals surface area contributed by atoms with Crippen molar-refractivity contribution in [1.29, 1.82) is 0 Å². The highest BCUT2D eigenvalue weighted by Gasteiger charge is 2.86. The summed E-state index contributed by atoms with van der Waals surface area (Å²) >= 11 is 0. The van der Waals surface area contributed by atoms with Crippen LogP contribution in [0.3, 0.4) is 0 Å². The SMILES string of the molecule is FC(F)C(F)(F)C(F)(F)C(F)(C(F)OC(F)C(F)(C(F)C(F)(F)F)C(F)(F)C(F)(F)C(F)F)C(F)C(F)(F)F. The maximum Gasteiger partial charge on any atom is 0.423 e. The molecule has 0 aliphatic rings. The van der Waals surface area contributed by atoms with Crippen LogP contribution in [0.1, 0.15) is 0 Å². The van der Waals surface area contributed by atoms with Gasteiger partial charge in [-0.3, -0.25) is 0 Å². The average Bonchev–Trinajstić information content (AvgIpc) is 2.74. The van der Waals surface area contributed by atoms with E-state index in [1.165, 1.54) is 0 Å². The van der Waals surface area contributed by atoms with Gasteiger partial charge in [-0.2, -0.15) is 61.5 Å². The third-order valence-electron chi connectivity index (χ3n) is 4.56. The normalized spacial score (nSPS) is 21.4. The molecule has 6 atom stereocenters. The van der Waals surface area contributed by atoms with Crippen LogP contribution in [0, 0.1) is 0 Å². The highest BCUT2D eigenvalue weighted by Crippen LogP contribution is 2.58. The molecular formula is C14H6F24O. The maximum absolute atomic E-state index is 14.3. The van der Waals surface area contributed by atoms with E-state index < -0.39 is 85.3 Å². The predicted molar refractivity (Wildman–Crippen MR) is 72.3 cm³/mol. The molecule has 0 rings (SSSR count). The number of rotatable bonds is 12. The monoisotopic (exact) mass is 646 g/mol. The molecule has 0 saturated heterocycles. The summed E-state index contributed by atoms with van der Waals surface area (Å²) in [7, 11) is 0. The van der Waals surface area contributed by atoms with Gasteiger partial charge in [0.1, 0.15) is 0 Å². The summed E-state index contributed by atoms with van der Waals surface area (Å²) < 4.78 is 315. The number of hydrogen-bond donors (Lipinski definition) is 0. The zero-order valence-corrected chi connectivity index (χ0v) is 16.9. The lowest BCUT2D eigenvalue weighted by Crippen LogP contribution is -2.72. The van der Waals surface area contributed by atoms with Crippen molar-refractivity contribution < 1.29 is 110 Å². The van der Waals surface area contributed by atoms with Gasteiger partial charge in [-0.1, -0.05) is 0 Å². The van der Waals surface area contributed by atoms with Crippen LogP contribution >= 0.6 is 0 Å². The molecule has 0 saturated carbocycles. The fraction of sp³-hybridized carbons (Fsp3) is 1.00. The zero-order valence-electron chi connectivity index (χ0n) is 16.9. The number of ether oxygens (including phenoxy) is 1. The number of halogens is 24. The molecule has 236 valence electrons. The van der Waals surface area contributed by atoms with Gasteiger partial charge in [0, 0.05) is 0 Å². The van der Waals surface area contributed by atoms with Gasteiger partial charge in [-0.15, -0.1) is 0 Å². The van der Waals surface area contributed by atoms with Gasteiger partial charge in [0.25, 0.3) is 11.3 Å². The molecular weight excluding hydrogens is 640 g/mol. The van der Waals surface area contributed by atoms with Crippen LogP contribution in [0.4, 0.5) is 105 Å². The Morgan fingerprint density at radius 1 is 0.359 bits per heavy atom. The summed E-state index contributed by atoms with van der Waals surface area (Å²) in [5, 5.41) is 0. The quantitative estimate of drug-likeness (QED) is 0.196.